The van der Waals surface area contributed by atoms with Crippen LogP contribution in [0, 0.1) is 0 Å². The highest BCUT2D eigenvalue weighted by atomic mass is 79.9. The van der Waals surface area contributed by atoms with Crippen LogP contribution >= 0.6 is 15.9 Å². The standard InChI is InChI=1S/C15H11BrN2O2/c1-20-15(19)10-2-7-13-14(8-10)18(9-17-13)12-5-3-11(16)4-6-12/h2-9H,1H3. The third kappa shape index (κ3) is 2.20. The second kappa shape index (κ2) is 5.09. The maximum atomic E-state index is 11.6. The molecule has 20 heavy (non-hydrogen) atoms. The summed E-state index contributed by atoms with van der Waals surface area (Å²) in [4.78, 5) is 16.0. The number of ether oxygens (including phenoxy) is 1. The summed E-state index contributed by atoms with van der Waals surface area (Å²) in [6.45, 7) is 0. The van der Waals surface area contributed by atoms with Gasteiger partial charge in [0.1, 0.15) is 6.33 Å². The third-order valence-corrected chi connectivity index (χ3v) is 3.60. The molecular formula is C15H11BrN2O2. The van der Waals surface area contributed by atoms with Crippen LogP contribution in [0.4, 0.5) is 0 Å². The van der Waals surface area contributed by atoms with Gasteiger partial charge in [-0.25, -0.2) is 9.78 Å². The Morgan fingerprint density at radius 3 is 2.65 bits per heavy atom. The first-order valence-corrected chi connectivity index (χ1v) is 6.80. The molecule has 3 rings (SSSR count). The SMILES string of the molecule is COC(=O)c1ccc2ncn(-c3ccc(Br)cc3)c2c1. The number of halogens is 1. The van der Waals surface area contributed by atoms with E-state index < -0.39 is 0 Å². The minimum atomic E-state index is -0.351. The van der Waals surface area contributed by atoms with Gasteiger partial charge >= 0.3 is 5.97 Å². The molecule has 1 aromatic heterocycles. The van der Waals surface area contributed by atoms with E-state index in [2.05, 4.69) is 20.9 Å². The van der Waals surface area contributed by atoms with Gasteiger partial charge in [-0.05, 0) is 42.5 Å². The van der Waals surface area contributed by atoms with E-state index in [9.17, 15) is 4.79 Å². The van der Waals surface area contributed by atoms with Crippen LogP contribution in [-0.2, 0) is 4.74 Å². The number of hydrogen-bond acceptors (Lipinski definition) is 3. The van der Waals surface area contributed by atoms with Crippen LogP contribution in [0.25, 0.3) is 16.7 Å². The summed E-state index contributed by atoms with van der Waals surface area (Å²) < 4.78 is 7.70. The van der Waals surface area contributed by atoms with Crippen LogP contribution in [0.2, 0.25) is 0 Å². The Kier molecular flexibility index (Phi) is 3.28. The second-order valence-corrected chi connectivity index (χ2v) is 5.20. The fourth-order valence-corrected chi connectivity index (χ4v) is 2.32. The molecular weight excluding hydrogens is 320 g/mol. The summed E-state index contributed by atoms with van der Waals surface area (Å²) in [5.41, 5.74) is 3.20. The van der Waals surface area contributed by atoms with Crippen molar-refractivity contribution in [3.63, 3.8) is 0 Å². The first-order valence-electron chi connectivity index (χ1n) is 6.00. The lowest BCUT2D eigenvalue weighted by atomic mass is 10.2. The average molecular weight is 331 g/mol. The highest BCUT2D eigenvalue weighted by Crippen LogP contribution is 2.21. The fraction of sp³-hybridized carbons (Fsp3) is 0.0667. The Morgan fingerprint density at radius 1 is 1.20 bits per heavy atom. The molecule has 0 aliphatic carbocycles. The molecule has 0 fully saturated rings. The molecule has 0 radical (unpaired) electrons. The summed E-state index contributed by atoms with van der Waals surface area (Å²) >= 11 is 3.41. The monoisotopic (exact) mass is 330 g/mol. The molecule has 0 saturated carbocycles. The van der Waals surface area contributed by atoms with E-state index in [1.807, 2.05) is 34.9 Å². The van der Waals surface area contributed by atoms with E-state index in [4.69, 9.17) is 4.74 Å². The summed E-state index contributed by atoms with van der Waals surface area (Å²) in [7, 11) is 1.37. The van der Waals surface area contributed by atoms with Crippen LogP contribution in [0.1, 0.15) is 10.4 Å². The fourth-order valence-electron chi connectivity index (χ4n) is 2.06. The Morgan fingerprint density at radius 2 is 1.95 bits per heavy atom. The first kappa shape index (κ1) is 12.9. The van der Waals surface area contributed by atoms with Crippen molar-refractivity contribution in [2.75, 3.05) is 7.11 Å². The first-order chi connectivity index (χ1) is 9.69. The summed E-state index contributed by atoms with van der Waals surface area (Å²) in [6.07, 6.45) is 1.75. The maximum Gasteiger partial charge on any atom is 0.337 e. The van der Waals surface area contributed by atoms with Crippen molar-refractivity contribution in [2.24, 2.45) is 0 Å². The maximum absolute atomic E-state index is 11.6. The van der Waals surface area contributed by atoms with Crippen LogP contribution in [0.3, 0.4) is 0 Å². The lowest BCUT2D eigenvalue weighted by molar-refractivity contribution is 0.0601. The topological polar surface area (TPSA) is 44.1 Å². The molecule has 0 N–H and O–H groups in total. The van der Waals surface area contributed by atoms with Crippen molar-refractivity contribution in [3.8, 4) is 5.69 Å². The molecule has 0 saturated heterocycles. The zero-order chi connectivity index (χ0) is 14.1. The van der Waals surface area contributed by atoms with Gasteiger partial charge in [0, 0.05) is 10.2 Å². The van der Waals surface area contributed by atoms with Crippen molar-refractivity contribution in [1.82, 2.24) is 9.55 Å². The average Bonchev–Trinajstić information content (AvgIpc) is 2.90. The Balaban J connectivity index is 2.16. The molecule has 0 spiro atoms. The van der Waals surface area contributed by atoms with Crippen LogP contribution < -0.4 is 0 Å². The number of aromatic nitrogens is 2. The van der Waals surface area contributed by atoms with Crippen LogP contribution in [0.5, 0.6) is 0 Å². The number of methoxy groups -OCH3 is 1. The summed E-state index contributed by atoms with van der Waals surface area (Å²) in [6, 6.07) is 13.2. The van der Waals surface area contributed by atoms with Gasteiger partial charge < -0.3 is 4.74 Å². The molecule has 2 aromatic carbocycles. The highest BCUT2D eigenvalue weighted by Gasteiger charge is 2.10. The number of nitrogens with zero attached hydrogens (tertiary/aromatic N) is 2. The molecule has 0 aliphatic rings. The minimum Gasteiger partial charge on any atom is -0.465 e. The van der Waals surface area contributed by atoms with Gasteiger partial charge in [0.25, 0.3) is 0 Å². The Bertz CT molecular complexity index is 778. The number of esters is 1. The zero-order valence-corrected chi connectivity index (χ0v) is 12.3. The minimum absolute atomic E-state index is 0.351. The predicted octanol–water partition coefficient (Wildman–Crippen LogP) is 3.57. The van der Waals surface area contributed by atoms with E-state index in [-0.39, 0.29) is 5.97 Å². The summed E-state index contributed by atoms with van der Waals surface area (Å²) in [5.74, 6) is -0.351. The number of hydrogen-bond donors (Lipinski definition) is 0. The summed E-state index contributed by atoms with van der Waals surface area (Å²) in [5, 5.41) is 0. The zero-order valence-electron chi connectivity index (χ0n) is 10.7. The number of imidazole rings is 1. The molecule has 100 valence electrons. The number of carbonyl (C=O) groups is 1. The van der Waals surface area contributed by atoms with Gasteiger partial charge in [0.2, 0.25) is 0 Å². The van der Waals surface area contributed by atoms with Crippen molar-refractivity contribution >= 4 is 32.9 Å². The molecule has 0 amide bonds. The quantitative estimate of drug-likeness (QED) is 0.674. The highest BCUT2D eigenvalue weighted by molar-refractivity contribution is 9.10. The smallest absolute Gasteiger partial charge is 0.337 e. The molecule has 4 nitrogen and oxygen atoms in total. The van der Waals surface area contributed by atoms with Gasteiger partial charge in [-0.2, -0.15) is 0 Å². The van der Waals surface area contributed by atoms with Crippen molar-refractivity contribution in [2.45, 2.75) is 0 Å². The van der Waals surface area contributed by atoms with Gasteiger partial charge in [-0.15, -0.1) is 0 Å². The van der Waals surface area contributed by atoms with Crippen molar-refractivity contribution in [1.29, 1.82) is 0 Å². The molecule has 3 aromatic rings. The van der Waals surface area contributed by atoms with E-state index in [0.29, 0.717) is 5.56 Å². The lowest BCUT2D eigenvalue weighted by Gasteiger charge is -2.05. The molecule has 1 heterocycles. The number of carbonyl (C=O) groups excluding carboxylic acids is 1. The Hall–Kier alpha value is -2.14. The van der Waals surface area contributed by atoms with E-state index >= 15 is 0 Å². The lowest BCUT2D eigenvalue weighted by Crippen LogP contribution is -2.01. The van der Waals surface area contributed by atoms with Crippen molar-refractivity contribution in [3.05, 3.63) is 58.8 Å². The number of benzene rings is 2. The number of fused-ring (bicyclic) bond motifs is 1. The predicted molar refractivity (Wildman–Crippen MR) is 80.1 cm³/mol. The molecule has 0 atom stereocenters. The normalized spacial score (nSPS) is 10.7. The molecule has 0 bridgehead atoms. The van der Waals surface area contributed by atoms with Crippen LogP contribution in [-0.4, -0.2) is 22.6 Å². The van der Waals surface area contributed by atoms with Gasteiger partial charge in [0.05, 0.1) is 23.7 Å². The molecule has 0 unspecified atom stereocenters. The largest absolute Gasteiger partial charge is 0.465 e. The van der Waals surface area contributed by atoms with Crippen molar-refractivity contribution < 1.29 is 9.53 Å². The van der Waals surface area contributed by atoms with Gasteiger partial charge in [-0.3, -0.25) is 4.57 Å². The van der Waals surface area contributed by atoms with Crippen LogP contribution in [0.15, 0.2) is 53.3 Å². The van der Waals surface area contributed by atoms with E-state index in [1.165, 1.54) is 7.11 Å². The third-order valence-electron chi connectivity index (χ3n) is 3.07. The van der Waals surface area contributed by atoms with Gasteiger partial charge in [0.15, 0.2) is 0 Å². The Labute approximate surface area is 124 Å². The second-order valence-electron chi connectivity index (χ2n) is 4.29. The van der Waals surface area contributed by atoms with E-state index in [0.717, 1.165) is 21.2 Å². The molecule has 5 heteroatoms. The van der Waals surface area contributed by atoms with E-state index in [1.54, 1.807) is 18.5 Å². The van der Waals surface area contributed by atoms with Gasteiger partial charge in [-0.1, -0.05) is 15.9 Å². The number of rotatable bonds is 2. The molecule has 0 aliphatic heterocycles.